The number of carbonyl (C=O) groups is 2. The summed E-state index contributed by atoms with van der Waals surface area (Å²) in [6.45, 7) is 2.91. The third-order valence-electron chi connectivity index (χ3n) is 7.04. The smallest absolute Gasteiger partial charge is 0.327 e. The maximum absolute atomic E-state index is 12.6. The molecular formula is C28H30N4O3. The first kappa shape index (κ1) is 22.9. The van der Waals surface area contributed by atoms with Crippen molar-refractivity contribution in [2.24, 2.45) is 5.92 Å². The van der Waals surface area contributed by atoms with Crippen molar-refractivity contribution in [3.8, 4) is 0 Å². The number of aliphatic carboxylic acids is 1. The molecule has 7 nitrogen and oxygen atoms in total. The molecule has 0 bridgehead atoms. The average Bonchev–Trinajstić information content (AvgIpc) is 3.22. The number of anilines is 3. The molecule has 180 valence electrons. The summed E-state index contributed by atoms with van der Waals surface area (Å²) in [6, 6.07) is 20.5. The van der Waals surface area contributed by atoms with E-state index in [1.54, 1.807) is 6.20 Å². The van der Waals surface area contributed by atoms with E-state index >= 15 is 0 Å². The van der Waals surface area contributed by atoms with Crippen LogP contribution in [0.4, 0.5) is 17.2 Å². The van der Waals surface area contributed by atoms with Gasteiger partial charge in [0, 0.05) is 43.6 Å². The zero-order valence-electron chi connectivity index (χ0n) is 19.6. The molecule has 0 radical (unpaired) electrons. The summed E-state index contributed by atoms with van der Waals surface area (Å²) >= 11 is 0. The molecule has 1 aromatic heterocycles. The fraction of sp³-hybridized carbons (Fsp3) is 0.321. The van der Waals surface area contributed by atoms with Crippen LogP contribution in [0.5, 0.6) is 0 Å². The van der Waals surface area contributed by atoms with E-state index in [9.17, 15) is 14.7 Å². The predicted molar refractivity (Wildman–Crippen MR) is 137 cm³/mol. The number of para-hydroxylation sites is 1. The molecule has 0 saturated carbocycles. The van der Waals surface area contributed by atoms with E-state index in [-0.39, 0.29) is 18.7 Å². The fourth-order valence-electron chi connectivity index (χ4n) is 5.09. The minimum atomic E-state index is -0.986. The number of nitrogens with one attached hydrogen (secondary N) is 1. The number of aromatic nitrogens is 1. The molecule has 1 amide bonds. The molecule has 0 aliphatic carbocycles. The Morgan fingerprint density at radius 3 is 2.49 bits per heavy atom. The molecule has 5 rings (SSSR count). The number of carbonyl (C=O) groups excluding carboxylic acids is 1. The molecule has 1 unspecified atom stereocenters. The van der Waals surface area contributed by atoms with Crippen LogP contribution in [0.2, 0.25) is 0 Å². The molecule has 7 heteroatoms. The summed E-state index contributed by atoms with van der Waals surface area (Å²) in [7, 11) is 0. The van der Waals surface area contributed by atoms with Crippen LogP contribution in [0.1, 0.15) is 24.0 Å². The van der Waals surface area contributed by atoms with E-state index < -0.39 is 12.0 Å². The van der Waals surface area contributed by atoms with E-state index in [1.165, 1.54) is 4.90 Å². The van der Waals surface area contributed by atoms with Crippen LogP contribution < -0.4 is 15.1 Å². The van der Waals surface area contributed by atoms with E-state index in [0.29, 0.717) is 11.6 Å². The third-order valence-corrected chi connectivity index (χ3v) is 7.04. The van der Waals surface area contributed by atoms with Crippen molar-refractivity contribution in [1.82, 2.24) is 4.98 Å². The Balaban J connectivity index is 1.18. The second-order valence-corrected chi connectivity index (χ2v) is 9.32. The highest BCUT2D eigenvalue weighted by Crippen LogP contribution is 2.32. The standard InChI is InChI=1S/C28H30N4O3/c33-27-18-22-5-1-2-6-24(22)32(27)25(28(34)35)17-20-8-10-23(11-9-20)31-15-12-21(13-16-31)19-30-26-7-3-4-14-29-26/h1-11,14,21,25H,12-13,15-19H2,(H,29,30)(H,34,35). The molecule has 35 heavy (non-hydrogen) atoms. The first-order chi connectivity index (χ1) is 17.1. The summed E-state index contributed by atoms with van der Waals surface area (Å²) in [5, 5.41) is 13.4. The lowest BCUT2D eigenvalue weighted by atomic mass is 9.96. The highest BCUT2D eigenvalue weighted by Gasteiger charge is 2.36. The highest BCUT2D eigenvalue weighted by atomic mass is 16.4. The topological polar surface area (TPSA) is 85.8 Å². The van der Waals surface area contributed by atoms with Crippen molar-refractivity contribution in [2.75, 3.05) is 34.8 Å². The summed E-state index contributed by atoms with van der Waals surface area (Å²) in [5.74, 6) is 0.394. The van der Waals surface area contributed by atoms with Crippen molar-refractivity contribution in [3.63, 3.8) is 0 Å². The van der Waals surface area contributed by atoms with Gasteiger partial charge >= 0.3 is 5.97 Å². The molecule has 2 N–H and O–H groups in total. The van der Waals surface area contributed by atoms with Crippen LogP contribution in [0.3, 0.4) is 0 Å². The van der Waals surface area contributed by atoms with Gasteiger partial charge in [-0.1, -0.05) is 36.4 Å². The van der Waals surface area contributed by atoms with E-state index in [0.717, 1.165) is 55.1 Å². The molecular weight excluding hydrogens is 440 g/mol. The number of hydrogen-bond donors (Lipinski definition) is 2. The van der Waals surface area contributed by atoms with Gasteiger partial charge in [-0.25, -0.2) is 9.78 Å². The van der Waals surface area contributed by atoms with Crippen molar-refractivity contribution in [3.05, 3.63) is 84.1 Å². The van der Waals surface area contributed by atoms with Crippen LogP contribution >= 0.6 is 0 Å². The number of benzene rings is 2. The largest absolute Gasteiger partial charge is 0.480 e. The first-order valence-corrected chi connectivity index (χ1v) is 12.2. The van der Waals surface area contributed by atoms with Gasteiger partial charge in [0.2, 0.25) is 5.91 Å². The fourth-order valence-corrected chi connectivity index (χ4v) is 5.09. The number of carboxylic acid groups (broad SMARTS) is 1. The number of amides is 1. The Bertz CT molecular complexity index is 1170. The number of piperidine rings is 1. The van der Waals surface area contributed by atoms with Gasteiger partial charge in [0.15, 0.2) is 0 Å². The van der Waals surface area contributed by atoms with Gasteiger partial charge in [0.1, 0.15) is 11.9 Å². The lowest BCUT2D eigenvalue weighted by molar-refractivity contribution is -0.140. The normalized spacial score (nSPS) is 16.7. The molecule has 1 fully saturated rings. The quantitative estimate of drug-likeness (QED) is 0.518. The number of rotatable bonds is 8. The molecule has 3 heterocycles. The van der Waals surface area contributed by atoms with Crippen LogP contribution in [0, 0.1) is 5.92 Å². The summed E-state index contributed by atoms with van der Waals surface area (Å²) in [4.78, 5) is 32.9. The number of hydrogen-bond acceptors (Lipinski definition) is 5. The second kappa shape index (κ2) is 10.2. The number of fused-ring (bicyclic) bond motifs is 1. The Morgan fingerprint density at radius 1 is 1.03 bits per heavy atom. The lowest BCUT2D eigenvalue weighted by Gasteiger charge is -2.34. The van der Waals surface area contributed by atoms with Crippen LogP contribution in [0.15, 0.2) is 72.9 Å². The van der Waals surface area contributed by atoms with Gasteiger partial charge in [-0.2, -0.15) is 0 Å². The average molecular weight is 471 g/mol. The van der Waals surface area contributed by atoms with E-state index in [2.05, 4.69) is 27.3 Å². The lowest BCUT2D eigenvalue weighted by Crippen LogP contribution is -2.44. The predicted octanol–water partition coefficient (Wildman–Crippen LogP) is 4.00. The Hall–Kier alpha value is -3.87. The highest BCUT2D eigenvalue weighted by molar-refractivity contribution is 6.05. The van der Waals surface area contributed by atoms with Crippen LogP contribution in [-0.4, -0.2) is 47.6 Å². The van der Waals surface area contributed by atoms with Crippen LogP contribution in [-0.2, 0) is 22.4 Å². The van der Waals surface area contributed by atoms with E-state index in [1.807, 2.05) is 54.6 Å². The van der Waals surface area contributed by atoms with Gasteiger partial charge in [-0.05, 0) is 60.2 Å². The molecule has 2 aliphatic heterocycles. The molecule has 1 saturated heterocycles. The SMILES string of the molecule is O=C(O)C(Cc1ccc(N2CCC(CNc3ccccn3)CC2)cc1)N1C(=O)Cc2ccccc21. The second-order valence-electron chi connectivity index (χ2n) is 9.32. The van der Waals surface area contributed by atoms with Gasteiger partial charge in [-0.3, -0.25) is 9.69 Å². The zero-order valence-corrected chi connectivity index (χ0v) is 19.6. The summed E-state index contributed by atoms with van der Waals surface area (Å²) in [6.07, 6.45) is 4.55. The van der Waals surface area contributed by atoms with E-state index in [4.69, 9.17) is 0 Å². The molecule has 0 spiro atoms. The minimum Gasteiger partial charge on any atom is -0.480 e. The molecule has 3 aromatic rings. The molecule has 2 aromatic carbocycles. The summed E-state index contributed by atoms with van der Waals surface area (Å²) in [5.41, 5.74) is 3.66. The number of pyridine rings is 1. The maximum atomic E-state index is 12.6. The van der Waals surface area contributed by atoms with Crippen LogP contribution in [0.25, 0.3) is 0 Å². The van der Waals surface area contributed by atoms with Crippen molar-refractivity contribution in [1.29, 1.82) is 0 Å². The minimum absolute atomic E-state index is 0.157. The Kier molecular flexibility index (Phi) is 6.66. The van der Waals surface area contributed by atoms with Gasteiger partial charge in [0.25, 0.3) is 0 Å². The van der Waals surface area contributed by atoms with Crippen molar-refractivity contribution < 1.29 is 14.7 Å². The monoisotopic (exact) mass is 470 g/mol. The number of nitrogens with zero attached hydrogens (tertiary/aromatic N) is 3. The Labute approximate surface area is 205 Å². The maximum Gasteiger partial charge on any atom is 0.327 e. The van der Waals surface area contributed by atoms with Gasteiger partial charge < -0.3 is 15.3 Å². The first-order valence-electron chi connectivity index (χ1n) is 12.2. The number of carboxylic acids is 1. The zero-order chi connectivity index (χ0) is 24.2. The van der Waals surface area contributed by atoms with Crippen molar-refractivity contribution >= 4 is 29.1 Å². The van der Waals surface area contributed by atoms with Gasteiger partial charge in [-0.15, -0.1) is 0 Å². The third kappa shape index (κ3) is 5.14. The summed E-state index contributed by atoms with van der Waals surface area (Å²) < 4.78 is 0. The molecule has 1 atom stereocenters. The molecule has 2 aliphatic rings. The van der Waals surface area contributed by atoms with Crippen molar-refractivity contribution in [2.45, 2.75) is 31.7 Å². The van der Waals surface area contributed by atoms with Gasteiger partial charge in [0.05, 0.1) is 6.42 Å². The Morgan fingerprint density at radius 2 is 1.77 bits per heavy atom.